The Morgan fingerprint density at radius 2 is 2.20 bits per heavy atom. The normalized spacial score (nSPS) is 37.0. The molecule has 0 aromatic carbocycles. The third kappa shape index (κ3) is 2.94. The quantitative estimate of drug-likeness (QED) is 0.523. The Morgan fingerprint density at radius 3 is 2.85 bits per heavy atom. The summed E-state index contributed by atoms with van der Waals surface area (Å²) < 4.78 is 15.1. The van der Waals surface area contributed by atoms with Crippen molar-refractivity contribution in [2.45, 2.75) is 25.0 Å². The van der Waals surface area contributed by atoms with E-state index in [0.29, 0.717) is 13.0 Å². The molecule has 0 spiro atoms. The number of fused-ring (bicyclic) bond motifs is 1. The molecule has 7 nitrogen and oxygen atoms in total. The molecule has 0 aromatic heterocycles. The maximum absolute atomic E-state index is 12.0. The van der Waals surface area contributed by atoms with Gasteiger partial charge in [-0.2, -0.15) is 0 Å². The van der Waals surface area contributed by atoms with Crippen LogP contribution in [0, 0.1) is 17.8 Å². The van der Waals surface area contributed by atoms with Crippen molar-refractivity contribution in [1.82, 2.24) is 5.32 Å². The zero-order valence-electron chi connectivity index (χ0n) is 11.7. The van der Waals surface area contributed by atoms with Gasteiger partial charge in [0.15, 0.2) is 0 Å². The summed E-state index contributed by atoms with van der Waals surface area (Å²) >= 11 is 0. The van der Waals surface area contributed by atoms with E-state index in [1.807, 2.05) is 0 Å². The van der Waals surface area contributed by atoms with Gasteiger partial charge in [0.05, 0.1) is 25.2 Å². The number of hydrogen-bond donors (Lipinski definition) is 2. The van der Waals surface area contributed by atoms with E-state index in [9.17, 15) is 14.7 Å². The van der Waals surface area contributed by atoms with Gasteiger partial charge >= 0.3 is 5.97 Å². The molecule has 0 bridgehead atoms. The monoisotopic (exact) mass is 287 g/mol. The van der Waals surface area contributed by atoms with E-state index in [1.54, 1.807) is 0 Å². The molecule has 0 unspecified atom stereocenters. The van der Waals surface area contributed by atoms with Crippen LogP contribution in [0.5, 0.6) is 0 Å². The Kier molecular flexibility index (Phi) is 4.95. The molecule has 1 aliphatic carbocycles. The average molecular weight is 287 g/mol. The molecule has 20 heavy (non-hydrogen) atoms. The Balaban J connectivity index is 2.17. The SMILES string of the molecule is COCO[C@@H]1C[C@@H]2CNC(=O)C[C@@H]2[C@@H](C(=O)OC)[C@H]1O. The smallest absolute Gasteiger partial charge is 0.311 e. The van der Waals surface area contributed by atoms with Crippen molar-refractivity contribution in [3.63, 3.8) is 0 Å². The first-order valence-electron chi connectivity index (χ1n) is 6.71. The third-order valence-electron chi connectivity index (χ3n) is 4.21. The van der Waals surface area contributed by atoms with Crippen LogP contribution < -0.4 is 5.32 Å². The minimum absolute atomic E-state index is 0.0549. The molecule has 7 heteroatoms. The van der Waals surface area contributed by atoms with Gasteiger partial charge < -0.3 is 24.6 Å². The number of esters is 1. The number of carbonyl (C=O) groups is 2. The number of carbonyl (C=O) groups excluding carboxylic acids is 2. The fourth-order valence-corrected chi connectivity index (χ4v) is 3.22. The lowest BCUT2D eigenvalue weighted by Gasteiger charge is -2.45. The summed E-state index contributed by atoms with van der Waals surface area (Å²) in [7, 11) is 2.78. The standard InChI is InChI=1S/C13H21NO6/c1-18-6-20-9-3-7-5-14-10(15)4-8(7)11(12(9)16)13(17)19-2/h7-9,11-12,16H,3-6H2,1-2H3,(H,14,15)/t7-,8+,9-,11-,12+/m1/s1. The van der Waals surface area contributed by atoms with Crippen LogP contribution >= 0.6 is 0 Å². The summed E-state index contributed by atoms with van der Waals surface area (Å²) in [5.74, 6) is -1.42. The fourth-order valence-electron chi connectivity index (χ4n) is 3.22. The second kappa shape index (κ2) is 6.51. The Hall–Kier alpha value is -1.18. The van der Waals surface area contributed by atoms with Crippen LogP contribution in [0.25, 0.3) is 0 Å². The van der Waals surface area contributed by atoms with E-state index in [0.717, 1.165) is 0 Å². The molecule has 1 saturated carbocycles. The van der Waals surface area contributed by atoms with Gasteiger partial charge in [-0.3, -0.25) is 9.59 Å². The van der Waals surface area contributed by atoms with Crippen molar-refractivity contribution in [2.24, 2.45) is 17.8 Å². The van der Waals surface area contributed by atoms with E-state index in [2.05, 4.69) is 5.32 Å². The fraction of sp³-hybridized carbons (Fsp3) is 0.846. The predicted molar refractivity (Wildman–Crippen MR) is 67.5 cm³/mol. The van der Waals surface area contributed by atoms with Gasteiger partial charge in [-0.1, -0.05) is 0 Å². The first-order chi connectivity index (χ1) is 9.58. The summed E-state index contributed by atoms with van der Waals surface area (Å²) in [5.41, 5.74) is 0. The van der Waals surface area contributed by atoms with E-state index in [4.69, 9.17) is 14.2 Å². The van der Waals surface area contributed by atoms with Gasteiger partial charge in [-0.05, 0) is 18.3 Å². The second-order valence-electron chi connectivity index (χ2n) is 5.32. The number of methoxy groups -OCH3 is 2. The van der Waals surface area contributed by atoms with Crippen molar-refractivity contribution in [3.05, 3.63) is 0 Å². The summed E-state index contributed by atoms with van der Waals surface area (Å²) in [6.45, 7) is 0.552. The molecule has 1 saturated heterocycles. The minimum atomic E-state index is -0.982. The molecule has 0 aromatic rings. The molecule has 1 aliphatic heterocycles. The summed E-state index contributed by atoms with van der Waals surface area (Å²) in [6, 6.07) is 0. The Labute approximate surface area is 117 Å². The lowest BCUT2D eigenvalue weighted by Crippen LogP contribution is -2.56. The number of amides is 1. The van der Waals surface area contributed by atoms with Crippen LogP contribution in [0.4, 0.5) is 0 Å². The van der Waals surface area contributed by atoms with E-state index >= 15 is 0 Å². The Morgan fingerprint density at radius 1 is 1.45 bits per heavy atom. The van der Waals surface area contributed by atoms with Crippen LogP contribution in [-0.2, 0) is 23.8 Å². The highest BCUT2D eigenvalue weighted by Crippen LogP contribution is 2.40. The maximum Gasteiger partial charge on any atom is 0.311 e. The van der Waals surface area contributed by atoms with Gasteiger partial charge in [0.2, 0.25) is 5.91 Å². The summed E-state index contributed by atoms with van der Waals surface area (Å²) in [5, 5.41) is 13.2. The molecule has 1 amide bonds. The van der Waals surface area contributed by atoms with Crippen LogP contribution in [-0.4, -0.2) is 56.7 Å². The largest absolute Gasteiger partial charge is 0.469 e. The highest BCUT2D eigenvalue weighted by atomic mass is 16.7. The van der Waals surface area contributed by atoms with Crippen LogP contribution in [0.2, 0.25) is 0 Å². The highest BCUT2D eigenvalue weighted by molar-refractivity contribution is 5.80. The summed E-state index contributed by atoms with van der Waals surface area (Å²) in [4.78, 5) is 23.5. The van der Waals surface area contributed by atoms with E-state index < -0.39 is 24.1 Å². The van der Waals surface area contributed by atoms with E-state index in [-0.39, 0.29) is 31.0 Å². The topological polar surface area (TPSA) is 94.1 Å². The number of aliphatic hydroxyl groups is 1. The van der Waals surface area contributed by atoms with Crippen LogP contribution in [0.15, 0.2) is 0 Å². The second-order valence-corrected chi connectivity index (χ2v) is 5.32. The molecular formula is C13H21NO6. The zero-order valence-corrected chi connectivity index (χ0v) is 11.7. The third-order valence-corrected chi connectivity index (χ3v) is 4.21. The van der Waals surface area contributed by atoms with Crippen LogP contribution in [0.3, 0.4) is 0 Å². The number of hydrogen-bond acceptors (Lipinski definition) is 6. The van der Waals surface area contributed by atoms with Gasteiger partial charge in [-0.25, -0.2) is 0 Å². The molecular weight excluding hydrogens is 266 g/mol. The lowest BCUT2D eigenvalue weighted by atomic mass is 9.66. The number of ether oxygens (including phenoxy) is 3. The average Bonchev–Trinajstić information content (AvgIpc) is 2.44. The zero-order chi connectivity index (χ0) is 14.7. The van der Waals surface area contributed by atoms with Gasteiger partial charge in [-0.15, -0.1) is 0 Å². The first kappa shape index (κ1) is 15.2. The molecule has 1 heterocycles. The lowest BCUT2D eigenvalue weighted by molar-refractivity contribution is -0.185. The predicted octanol–water partition coefficient (Wildman–Crippen LogP) is -0.718. The highest BCUT2D eigenvalue weighted by Gasteiger charge is 2.50. The first-order valence-corrected chi connectivity index (χ1v) is 6.71. The molecule has 2 N–H and O–H groups in total. The maximum atomic E-state index is 12.0. The van der Waals surface area contributed by atoms with Crippen molar-refractivity contribution in [3.8, 4) is 0 Å². The molecule has 2 rings (SSSR count). The molecule has 114 valence electrons. The van der Waals surface area contributed by atoms with E-state index in [1.165, 1.54) is 14.2 Å². The Bertz CT molecular complexity index is 374. The van der Waals surface area contributed by atoms with Crippen molar-refractivity contribution < 1.29 is 28.9 Å². The molecule has 5 atom stereocenters. The number of aliphatic hydroxyl groups excluding tert-OH is 1. The number of piperidine rings is 1. The summed E-state index contributed by atoms with van der Waals surface area (Å²) in [6.07, 6.45) is -0.651. The van der Waals surface area contributed by atoms with Gasteiger partial charge in [0.1, 0.15) is 6.79 Å². The van der Waals surface area contributed by atoms with Gasteiger partial charge in [0.25, 0.3) is 0 Å². The minimum Gasteiger partial charge on any atom is -0.469 e. The van der Waals surface area contributed by atoms with Crippen molar-refractivity contribution in [1.29, 1.82) is 0 Å². The molecule has 2 fully saturated rings. The molecule has 2 aliphatic rings. The number of rotatable bonds is 4. The number of nitrogens with one attached hydrogen (secondary N) is 1. The van der Waals surface area contributed by atoms with Crippen LogP contribution in [0.1, 0.15) is 12.8 Å². The van der Waals surface area contributed by atoms with Crippen molar-refractivity contribution in [2.75, 3.05) is 27.6 Å². The molecule has 0 radical (unpaired) electrons. The van der Waals surface area contributed by atoms with Gasteiger partial charge in [0, 0.05) is 20.1 Å². The van der Waals surface area contributed by atoms with Crippen molar-refractivity contribution >= 4 is 11.9 Å².